The van der Waals surface area contributed by atoms with Crippen LogP contribution in [0.1, 0.15) is 5.56 Å². The van der Waals surface area contributed by atoms with Crippen LogP contribution in [0, 0.1) is 6.92 Å². The van der Waals surface area contributed by atoms with Crippen molar-refractivity contribution in [3.63, 3.8) is 0 Å². The van der Waals surface area contributed by atoms with Gasteiger partial charge in [-0.2, -0.15) is 0 Å². The minimum absolute atomic E-state index is 0.784. The molecule has 16 heavy (non-hydrogen) atoms. The summed E-state index contributed by atoms with van der Waals surface area (Å²) in [7, 11) is 0. The zero-order valence-electron chi connectivity index (χ0n) is 8.74. The van der Waals surface area contributed by atoms with Gasteiger partial charge in [0.25, 0.3) is 0 Å². The Balaban J connectivity index is 2.18. The lowest BCUT2D eigenvalue weighted by Crippen LogP contribution is -2.09. The first-order chi connectivity index (χ1) is 7.75. The van der Waals surface area contributed by atoms with Gasteiger partial charge < -0.3 is 0 Å². The topological polar surface area (TPSA) is 33.6 Å². The van der Waals surface area contributed by atoms with E-state index in [2.05, 4.69) is 16.1 Å². The van der Waals surface area contributed by atoms with Crippen molar-refractivity contribution in [2.24, 2.45) is 0 Å². The van der Waals surface area contributed by atoms with Crippen LogP contribution in [0.3, 0.4) is 0 Å². The summed E-state index contributed by atoms with van der Waals surface area (Å²) < 4.78 is 1.94. The van der Waals surface area contributed by atoms with Crippen molar-refractivity contribution in [1.82, 2.24) is 14.8 Å². The van der Waals surface area contributed by atoms with Gasteiger partial charge in [-0.05, 0) is 36.8 Å². The second-order valence-corrected chi connectivity index (χ2v) is 4.16. The molecular formula is C12H10ClN3. The van der Waals surface area contributed by atoms with Crippen LogP contribution >= 0.6 is 11.6 Å². The van der Waals surface area contributed by atoms with Crippen molar-refractivity contribution in [2.75, 3.05) is 0 Å². The van der Waals surface area contributed by atoms with E-state index in [0.717, 1.165) is 27.4 Å². The Morgan fingerprint density at radius 2 is 2.19 bits per heavy atom. The number of aromatic amines is 1. The molecule has 0 saturated heterocycles. The number of aromatic nitrogens is 3. The molecule has 0 spiro atoms. The van der Waals surface area contributed by atoms with Crippen LogP contribution in [-0.2, 0) is 0 Å². The summed E-state index contributed by atoms with van der Waals surface area (Å²) in [4.78, 5) is 4.28. The van der Waals surface area contributed by atoms with E-state index < -0.39 is 0 Å². The molecule has 0 fully saturated rings. The maximum Gasteiger partial charge on any atom is 0.151 e. The van der Waals surface area contributed by atoms with Crippen LogP contribution in [0.2, 0.25) is 5.02 Å². The second-order valence-electron chi connectivity index (χ2n) is 3.75. The molecule has 0 saturated carbocycles. The Morgan fingerprint density at radius 1 is 1.31 bits per heavy atom. The average molecular weight is 232 g/mol. The van der Waals surface area contributed by atoms with Crippen molar-refractivity contribution >= 4 is 22.6 Å². The molecule has 4 heteroatoms. The van der Waals surface area contributed by atoms with Crippen LogP contribution in [0.15, 0.2) is 36.5 Å². The van der Waals surface area contributed by atoms with E-state index >= 15 is 0 Å². The standard InChI is InChI=1S/C12H10ClN3/c1-8-6-11-10(7-9(8)13)15-16(11)12-4-2-3-5-14-12/h2-7,15H,1H3. The summed E-state index contributed by atoms with van der Waals surface area (Å²) in [5.74, 6) is 0.886. The SMILES string of the molecule is Cc1cc2c(cc1Cl)[nH]n2-c1ccccn1. The van der Waals surface area contributed by atoms with E-state index in [-0.39, 0.29) is 0 Å². The molecule has 3 nitrogen and oxygen atoms in total. The van der Waals surface area contributed by atoms with E-state index in [1.165, 1.54) is 0 Å². The molecule has 0 atom stereocenters. The Hall–Kier alpha value is -1.74. The van der Waals surface area contributed by atoms with Gasteiger partial charge in [0.2, 0.25) is 0 Å². The van der Waals surface area contributed by atoms with Gasteiger partial charge in [0.1, 0.15) is 0 Å². The smallest absolute Gasteiger partial charge is 0.151 e. The Labute approximate surface area is 97.7 Å². The number of benzene rings is 1. The predicted octanol–water partition coefficient (Wildman–Crippen LogP) is 3.32. The lowest BCUT2D eigenvalue weighted by Gasteiger charge is -2.16. The zero-order chi connectivity index (χ0) is 11.1. The number of H-pyrrole nitrogens is 1. The molecule has 0 radical (unpaired) electrons. The molecule has 0 bridgehead atoms. The number of aryl methyl sites for hydroxylation is 1. The van der Waals surface area contributed by atoms with E-state index in [1.807, 2.05) is 35.9 Å². The molecule has 1 N–H and O–H groups in total. The van der Waals surface area contributed by atoms with E-state index in [4.69, 9.17) is 11.6 Å². The van der Waals surface area contributed by atoms with Crippen LogP contribution in [0.5, 0.6) is 0 Å². The fourth-order valence-corrected chi connectivity index (χ4v) is 1.90. The molecule has 0 aliphatic rings. The molecule has 0 aliphatic carbocycles. The van der Waals surface area contributed by atoms with E-state index in [0.29, 0.717) is 0 Å². The van der Waals surface area contributed by atoms with Crippen molar-refractivity contribution < 1.29 is 0 Å². The van der Waals surface area contributed by atoms with E-state index in [9.17, 15) is 0 Å². The monoisotopic (exact) mass is 231 g/mol. The largest absolute Gasteiger partial charge is 0.290 e. The zero-order valence-corrected chi connectivity index (χ0v) is 9.49. The number of nitrogens with one attached hydrogen (secondary N) is 1. The maximum atomic E-state index is 6.04. The average Bonchev–Trinajstić information content (AvgIpc) is 2.29. The third kappa shape index (κ3) is 1.32. The molecule has 0 aliphatic heterocycles. The van der Waals surface area contributed by atoms with Crippen molar-refractivity contribution in [1.29, 1.82) is 0 Å². The van der Waals surface area contributed by atoms with Crippen molar-refractivity contribution in [2.45, 2.75) is 6.92 Å². The first kappa shape index (κ1) is 9.48. The minimum Gasteiger partial charge on any atom is -0.290 e. The van der Waals surface area contributed by atoms with Gasteiger partial charge in [0.15, 0.2) is 5.82 Å². The van der Waals surface area contributed by atoms with Gasteiger partial charge in [-0.15, -0.1) is 0 Å². The first-order valence-electron chi connectivity index (χ1n) is 5.03. The maximum absolute atomic E-state index is 6.04. The lowest BCUT2D eigenvalue weighted by atomic mass is 10.2. The lowest BCUT2D eigenvalue weighted by molar-refractivity contribution is 0.838. The van der Waals surface area contributed by atoms with Crippen LogP contribution in [-0.4, -0.2) is 14.8 Å². The summed E-state index contributed by atoms with van der Waals surface area (Å²) in [6.07, 6.45) is 1.78. The fraction of sp³-hybridized carbons (Fsp3) is 0.0833. The number of nitrogens with zero attached hydrogens (tertiary/aromatic N) is 2. The Kier molecular flexibility index (Phi) is 2.01. The molecule has 3 rings (SSSR count). The third-order valence-electron chi connectivity index (χ3n) is 2.63. The fourth-order valence-electron chi connectivity index (χ4n) is 1.74. The molecule has 3 aromatic rings. The molecule has 1 aromatic carbocycles. The molecule has 0 unspecified atom stereocenters. The summed E-state index contributed by atoms with van der Waals surface area (Å²) in [6.45, 7) is 2.00. The first-order valence-corrected chi connectivity index (χ1v) is 5.41. The summed E-state index contributed by atoms with van der Waals surface area (Å²) >= 11 is 6.04. The minimum atomic E-state index is 0.784. The summed E-state index contributed by atoms with van der Waals surface area (Å²) in [6, 6.07) is 9.82. The Morgan fingerprint density at radius 3 is 2.94 bits per heavy atom. The summed E-state index contributed by atoms with van der Waals surface area (Å²) in [5.41, 5.74) is 3.23. The molecule has 2 aromatic heterocycles. The third-order valence-corrected chi connectivity index (χ3v) is 3.04. The molecular weight excluding hydrogens is 222 g/mol. The van der Waals surface area contributed by atoms with Gasteiger partial charge >= 0.3 is 0 Å². The van der Waals surface area contributed by atoms with Crippen molar-refractivity contribution in [3.8, 4) is 5.82 Å². The summed E-state index contributed by atoms with van der Waals surface area (Å²) in [5, 5.41) is 3.98. The number of halogens is 1. The number of hydrogen-bond acceptors (Lipinski definition) is 1. The van der Waals surface area contributed by atoms with E-state index in [1.54, 1.807) is 6.20 Å². The van der Waals surface area contributed by atoms with Gasteiger partial charge in [0.05, 0.1) is 11.0 Å². The highest BCUT2D eigenvalue weighted by Crippen LogP contribution is 2.25. The molecule has 0 amide bonds. The van der Waals surface area contributed by atoms with Crippen molar-refractivity contribution in [3.05, 3.63) is 47.1 Å². The number of pyridine rings is 1. The predicted molar refractivity (Wildman–Crippen MR) is 65.2 cm³/mol. The quantitative estimate of drug-likeness (QED) is 0.685. The van der Waals surface area contributed by atoms with Gasteiger partial charge in [0, 0.05) is 11.2 Å². The molecule has 2 heterocycles. The van der Waals surface area contributed by atoms with Gasteiger partial charge in [-0.1, -0.05) is 17.7 Å². The normalized spacial score (nSPS) is 11.1. The number of hydrogen-bond donors (Lipinski definition) is 1. The number of rotatable bonds is 1. The van der Waals surface area contributed by atoms with Gasteiger partial charge in [-0.25, -0.2) is 9.67 Å². The Bertz CT molecular complexity index is 637. The number of fused-ring (bicyclic) bond motifs is 1. The highest BCUT2D eigenvalue weighted by molar-refractivity contribution is 6.32. The second kappa shape index (κ2) is 3.39. The highest BCUT2D eigenvalue weighted by atomic mass is 35.5. The van der Waals surface area contributed by atoms with Gasteiger partial charge in [-0.3, -0.25) is 5.10 Å². The van der Waals surface area contributed by atoms with Crippen LogP contribution in [0.4, 0.5) is 0 Å². The van der Waals surface area contributed by atoms with Crippen LogP contribution in [0.25, 0.3) is 16.9 Å². The highest BCUT2D eigenvalue weighted by Gasteiger charge is 2.09. The molecule has 80 valence electrons. The van der Waals surface area contributed by atoms with Crippen LogP contribution < -0.4 is 0 Å².